The summed E-state index contributed by atoms with van der Waals surface area (Å²) >= 11 is 28.7. The van der Waals surface area contributed by atoms with E-state index in [2.05, 4.69) is 52.1 Å². The molecule has 1 aliphatic rings. The fourth-order valence-electron chi connectivity index (χ4n) is 2.45. The molecule has 19 heteroatoms. The average molecular weight is 627 g/mol. The number of aliphatic imine (C=N–C) groups is 1. The Labute approximate surface area is 244 Å². The van der Waals surface area contributed by atoms with E-state index in [1.165, 1.54) is 0 Å². The predicted octanol–water partition coefficient (Wildman–Crippen LogP) is 4.37. The van der Waals surface area contributed by atoms with E-state index in [9.17, 15) is 4.79 Å². The first-order valence-corrected chi connectivity index (χ1v) is 12.6. The third kappa shape index (κ3) is 9.36. The monoisotopic (exact) mass is 626 g/mol. The molecule has 13 nitrogen and oxygen atoms in total. The first-order valence-electron chi connectivity index (χ1n) is 10.1. The van der Waals surface area contributed by atoms with Gasteiger partial charge in [0.25, 0.3) is 5.56 Å². The Kier molecular flexibility index (Phi) is 11.6. The van der Waals surface area contributed by atoms with Crippen LogP contribution in [0.4, 0.5) is 28.8 Å². The summed E-state index contributed by atoms with van der Waals surface area (Å²) in [6.45, 7) is 0. The summed E-state index contributed by atoms with van der Waals surface area (Å²) in [4.78, 5) is 33.4. The highest BCUT2D eigenvalue weighted by atomic mass is 32.1. The number of nitrogen functional groups attached to an aromatic ring is 4. The second-order valence-corrected chi connectivity index (χ2v) is 9.46. The number of H-pyrrole nitrogens is 7. The summed E-state index contributed by atoms with van der Waals surface area (Å²) in [7, 11) is 0. The largest absolute Gasteiger partial charge is 0.393 e. The maximum atomic E-state index is 10.7. The number of aromatic nitrogens is 7. The van der Waals surface area contributed by atoms with Crippen LogP contribution in [-0.2, 0) is 6.42 Å². The van der Waals surface area contributed by atoms with Crippen LogP contribution in [0.1, 0.15) is 5.56 Å². The van der Waals surface area contributed by atoms with Gasteiger partial charge in [0.15, 0.2) is 14.3 Å². The van der Waals surface area contributed by atoms with Gasteiger partial charge in [0.1, 0.15) is 38.1 Å². The normalized spacial score (nSPS) is 10.5. The fourth-order valence-corrected chi connectivity index (χ4v) is 3.80. The molecule has 5 heterocycles. The quantitative estimate of drug-likeness (QED) is 0.122. The first-order chi connectivity index (χ1) is 17.9. The summed E-state index contributed by atoms with van der Waals surface area (Å²) in [5, 5.41) is 0. The van der Waals surface area contributed by atoms with Gasteiger partial charge in [-0.2, -0.15) is 0 Å². The fraction of sp³-hybridized carbons (Fsp3) is 0.0526. The number of hydrogen-bond acceptors (Lipinski definition) is 12. The van der Waals surface area contributed by atoms with Crippen molar-refractivity contribution < 1.29 is 0 Å². The van der Waals surface area contributed by atoms with Gasteiger partial charge in [-0.05, 0) is 48.8 Å². The SMILES string of the molecule is Nc1[nH]c(=S)[nH]c(=O)c1N.Nc1[nH]c(=S)[nH]c(=S)c1N.S=c1cc[nH]c(=S)[nH]1.S=c1cc[nH]c2c1CC=N2. The third-order valence-corrected chi connectivity index (χ3v) is 5.83. The zero-order valence-electron chi connectivity index (χ0n) is 19.2. The van der Waals surface area contributed by atoms with Crippen LogP contribution in [0.5, 0.6) is 0 Å². The second kappa shape index (κ2) is 14.4. The van der Waals surface area contributed by atoms with Gasteiger partial charge < -0.3 is 52.8 Å². The van der Waals surface area contributed by atoms with Crippen molar-refractivity contribution in [2.45, 2.75) is 6.42 Å². The van der Waals surface area contributed by atoms with E-state index >= 15 is 0 Å². The van der Waals surface area contributed by atoms with Gasteiger partial charge in [-0.25, -0.2) is 4.99 Å². The van der Waals surface area contributed by atoms with Gasteiger partial charge in [-0.15, -0.1) is 0 Å². The van der Waals surface area contributed by atoms with E-state index in [4.69, 9.17) is 84.0 Å². The summed E-state index contributed by atoms with van der Waals surface area (Å²) in [6, 6.07) is 3.63. The van der Waals surface area contributed by atoms with Gasteiger partial charge in [0, 0.05) is 35.1 Å². The molecule has 0 saturated carbocycles. The molecule has 200 valence electrons. The second-order valence-electron chi connectivity index (χ2n) is 6.95. The summed E-state index contributed by atoms with van der Waals surface area (Å²) in [6.07, 6.45) is 6.29. The number of pyridine rings is 1. The molecule has 5 rings (SSSR count). The van der Waals surface area contributed by atoms with Crippen LogP contribution in [0.15, 0.2) is 34.3 Å². The lowest BCUT2D eigenvalue weighted by molar-refractivity contribution is 1.10. The van der Waals surface area contributed by atoms with E-state index in [0.717, 1.165) is 22.3 Å². The molecule has 4 aromatic heterocycles. The number of fused-ring (bicyclic) bond motifs is 1. The van der Waals surface area contributed by atoms with Crippen molar-refractivity contribution in [2.75, 3.05) is 22.9 Å². The van der Waals surface area contributed by atoms with Crippen LogP contribution in [0.3, 0.4) is 0 Å². The molecule has 0 fully saturated rings. The number of anilines is 4. The minimum atomic E-state index is -0.457. The minimum absolute atomic E-state index is 0.0337. The highest BCUT2D eigenvalue weighted by Crippen LogP contribution is 2.20. The predicted molar refractivity (Wildman–Crippen MR) is 167 cm³/mol. The smallest absolute Gasteiger partial charge is 0.277 e. The Bertz CT molecular complexity index is 1760. The van der Waals surface area contributed by atoms with Crippen molar-refractivity contribution in [3.05, 3.63) is 68.5 Å². The molecule has 0 spiro atoms. The third-order valence-electron chi connectivity index (χ3n) is 4.26. The number of nitrogens with one attached hydrogen (secondary N) is 7. The zero-order chi connectivity index (χ0) is 28.4. The van der Waals surface area contributed by atoms with Crippen molar-refractivity contribution in [1.29, 1.82) is 0 Å². The van der Waals surface area contributed by atoms with Gasteiger partial charge in [-0.1, -0.05) is 36.7 Å². The molecule has 1 aliphatic heterocycles. The van der Waals surface area contributed by atoms with E-state index in [1.54, 1.807) is 12.3 Å². The highest BCUT2D eigenvalue weighted by Gasteiger charge is 2.06. The molecular formula is C19H22N12OS6. The standard InChI is InChI=1S/C7H6N2S.C4H6N4OS.C4H6N4S2.C4H4N2S2/c10-6-2-4-9-7-5(6)1-3-8-7;2*5-1-2(6)7-4(10)8-3(1)9;7-3-1-2-5-4(8)6-3/h2-4H,1H2,(H,9,10);2*5H2,(H4,6,7,8,9,10);1-2H,(H2,5,6,7,8). The molecule has 0 radical (unpaired) electrons. The Balaban J connectivity index is 0.000000179. The van der Waals surface area contributed by atoms with Crippen LogP contribution in [-0.4, -0.2) is 41.1 Å². The van der Waals surface area contributed by atoms with Crippen molar-refractivity contribution in [2.24, 2.45) is 4.99 Å². The Hall–Kier alpha value is -3.62. The van der Waals surface area contributed by atoms with E-state index in [1.807, 2.05) is 18.5 Å². The molecular weight excluding hydrogens is 605 g/mol. The molecule has 0 amide bonds. The van der Waals surface area contributed by atoms with Crippen LogP contribution in [0.25, 0.3) is 0 Å². The van der Waals surface area contributed by atoms with E-state index < -0.39 is 5.56 Å². The summed E-state index contributed by atoms with van der Waals surface area (Å²) in [5.41, 5.74) is 22.3. The number of rotatable bonds is 0. The summed E-state index contributed by atoms with van der Waals surface area (Å²) in [5.74, 6) is 1.34. The molecule has 4 aromatic rings. The van der Waals surface area contributed by atoms with Crippen molar-refractivity contribution >= 4 is 108 Å². The van der Waals surface area contributed by atoms with Crippen LogP contribution < -0.4 is 28.5 Å². The van der Waals surface area contributed by atoms with Gasteiger partial charge in [0.05, 0.1) is 0 Å². The van der Waals surface area contributed by atoms with Gasteiger partial charge in [0.2, 0.25) is 0 Å². The van der Waals surface area contributed by atoms with Gasteiger partial charge >= 0.3 is 0 Å². The van der Waals surface area contributed by atoms with Crippen molar-refractivity contribution in [3.8, 4) is 0 Å². The molecule has 38 heavy (non-hydrogen) atoms. The molecule has 0 aromatic carbocycles. The summed E-state index contributed by atoms with van der Waals surface area (Å²) < 4.78 is 3.08. The average Bonchev–Trinajstić information content (AvgIpc) is 3.32. The maximum absolute atomic E-state index is 10.7. The lowest BCUT2D eigenvalue weighted by Gasteiger charge is -1.97. The zero-order valence-corrected chi connectivity index (χ0v) is 24.1. The maximum Gasteiger partial charge on any atom is 0.277 e. The Morgan fingerprint density at radius 3 is 1.84 bits per heavy atom. The van der Waals surface area contributed by atoms with E-state index in [0.29, 0.717) is 30.3 Å². The van der Waals surface area contributed by atoms with Crippen molar-refractivity contribution in [3.63, 3.8) is 0 Å². The Morgan fingerprint density at radius 2 is 1.32 bits per heavy atom. The van der Waals surface area contributed by atoms with Crippen molar-refractivity contribution in [1.82, 2.24) is 34.9 Å². The number of hydrogen-bond donors (Lipinski definition) is 11. The molecule has 0 atom stereocenters. The molecule has 0 bridgehead atoms. The number of nitrogens with two attached hydrogens (primary N) is 4. The number of nitrogens with zero attached hydrogens (tertiary/aromatic N) is 1. The Morgan fingerprint density at radius 1 is 0.711 bits per heavy atom. The lowest BCUT2D eigenvalue weighted by Crippen LogP contribution is -2.15. The highest BCUT2D eigenvalue weighted by molar-refractivity contribution is 7.72. The minimum Gasteiger partial charge on any atom is -0.393 e. The number of aromatic amines is 7. The van der Waals surface area contributed by atoms with E-state index in [-0.39, 0.29) is 16.3 Å². The van der Waals surface area contributed by atoms with Crippen LogP contribution in [0, 0.1) is 28.1 Å². The molecule has 0 unspecified atom stereocenters. The van der Waals surface area contributed by atoms with Crippen LogP contribution in [0.2, 0.25) is 0 Å². The lowest BCUT2D eigenvalue weighted by atomic mass is 10.2. The molecule has 0 aliphatic carbocycles. The van der Waals surface area contributed by atoms with Crippen LogP contribution >= 0.6 is 73.3 Å². The molecule has 15 N–H and O–H groups in total. The first kappa shape index (κ1) is 30.6. The molecule has 0 saturated heterocycles. The van der Waals surface area contributed by atoms with Gasteiger partial charge in [-0.3, -0.25) is 9.78 Å². The topological polar surface area (TPSA) is 244 Å².